The second-order valence-corrected chi connectivity index (χ2v) is 8.49. The van der Waals surface area contributed by atoms with E-state index in [-0.39, 0.29) is 17.8 Å². The zero-order chi connectivity index (χ0) is 22.9. The monoisotopic (exact) mass is 454 g/mol. The van der Waals surface area contributed by atoms with E-state index >= 15 is 0 Å². The molecule has 1 aliphatic heterocycles. The Labute approximate surface area is 191 Å². The number of carbonyl (C=O) groups excluding carboxylic acids is 3. The lowest BCUT2D eigenvalue weighted by Gasteiger charge is -2.24. The van der Waals surface area contributed by atoms with Crippen molar-refractivity contribution in [2.75, 3.05) is 17.6 Å². The van der Waals surface area contributed by atoms with E-state index in [1.165, 1.54) is 4.90 Å². The van der Waals surface area contributed by atoms with E-state index in [2.05, 4.69) is 5.32 Å². The van der Waals surface area contributed by atoms with Crippen LogP contribution in [0.4, 0.5) is 5.69 Å². The normalized spacial score (nSPS) is 13.7. The fraction of sp³-hybridized carbons (Fsp3) is 0.304. The van der Waals surface area contributed by atoms with Gasteiger partial charge < -0.3 is 15.8 Å². The number of nitrogens with two attached hydrogens (primary N) is 1. The van der Waals surface area contributed by atoms with Crippen molar-refractivity contribution in [1.29, 1.82) is 5.41 Å². The number of nitrogens with one attached hydrogen (secondary N) is 2. The number of carbonyl (C=O) groups is 3. The van der Waals surface area contributed by atoms with Crippen molar-refractivity contribution in [3.63, 3.8) is 0 Å². The van der Waals surface area contributed by atoms with E-state index in [0.29, 0.717) is 42.8 Å². The predicted octanol–water partition coefficient (Wildman–Crippen LogP) is 3.62. The van der Waals surface area contributed by atoms with Crippen molar-refractivity contribution in [1.82, 2.24) is 4.90 Å². The first-order valence-electron chi connectivity index (χ1n) is 10.4. The SMILES string of the molecule is N=C(N)Nc1ccc(C(=O)Oc2ccc(SCCCCN3C(=O)CCCC3=O)cc2)cc1. The summed E-state index contributed by atoms with van der Waals surface area (Å²) in [5, 5.41) is 9.85. The van der Waals surface area contributed by atoms with Crippen LogP contribution in [0.5, 0.6) is 5.75 Å². The zero-order valence-corrected chi connectivity index (χ0v) is 18.5. The predicted molar refractivity (Wildman–Crippen MR) is 124 cm³/mol. The Morgan fingerprint density at radius 2 is 1.69 bits per heavy atom. The van der Waals surface area contributed by atoms with Gasteiger partial charge in [-0.05, 0) is 73.5 Å². The molecule has 0 bridgehead atoms. The molecule has 2 amide bonds. The fourth-order valence-corrected chi connectivity index (χ4v) is 4.14. The van der Waals surface area contributed by atoms with E-state index in [1.54, 1.807) is 48.2 Å². The number of imide groups is 1. The van der Waals surface area contributed by atoms with Gasteiger partial charge in [0.1, 0.15) is 5.75 Å². The van der Waals surface area contributed by atoms with Crippen LogP contribution in [-0.4, -0.2) is 40.9 Å². The van der Waals surface area contributed by atoms with E-state index in [1.807, 2.05) is 12.1 Å². The van der Waals surface area contributed by atoms with Crippen LogP contribution in [0.1, 0.15) is 42.5 Å². The molecule has 0 radical (unpaired) electrons. The first-order chi connectivity index (χ1) is 15.4. The summed E-state index contributed by atoms with van der Waals surface area (Å²) in [5.41, 5.74) is 6.28. The summed E-state index contributed by atoms with van der Waals surface area (Å²) in [6.07, 6.45) is 3.30. The summed E-state index contributed by atoms with van der Waals surface area (Å²) in [6, 6.07) is 13.8. The number of hydrogen-bond acceptors (Lipinski definition) is 6. The molecule has 1 saturated heterocycles. The van der Waals surface area contributed by atoms with Gasteiger partial charge in [0.2, 0.25) is 11.8 Å². The van der Waals surface area contributed by atoms with Crippen LogP contribution in [0.2, 0.25) is 0 Å². The van der Waals surface area contributed by atoms with Gasteiger partial charge in [-0.3, -0.25) is 19.9 Å². The Bertz CT molecular complexity index is 960. The van der Waals surface area contributed by atoms with Crippen molar-refractivity contribution in [3.8, 4) is 5.75 Å². The Kier molecular flexibility index (Phi) is 8.27. The molecular weight excluding hydrogens is 428 g/mol. The molecule has 0 unspecified atom stereocenters. The molecule has 168 valence electrons. The Morgan fingerprint density at radius 1 is 1.03 bits per heavy atom. The van der Waals surface area contributed by atoms with E-state index < -0.39 is 5.97 Å². The molecule has 2 aromatic carbocycles. The lowest BCUT2D eigenvalue weighted by molar-refractivity contribution is -0.147. The van der Waals surface area contributed by atoms with Crippen molar-refractivity contribution in [2.24, 2.45) is 5.73 Å². The van der Waals surface area contributed by atoms with Gasteiger partial charge in [0, 0.05) is 30.0 Å². The molecular formula is C23H26N4O4S. The number of anilines is 1. The summed E-state index contributed by atoms with van der Waals surface area (Å²) < 4.78 is 5.40. The third-order valence-electron chi connectivity index (χ3n) is 4.86. The van der Waals surface area contributed by atoms with Crippen LogP contribution < -0.4 is 15.8 Å². The van der Waals surface area contributed by atoms with Gasteiger partial charge in [-0.15, -0.1) is 11.8 Å². The highest BCUT2D eigenvalue weighted by Gasteiger charge is 2.24. The number of piperidine rings is 1. The quantitative estimate of drug-likeness (QED) is 0.100. The zero-order valence-electron chi connectivity index (χ0n) is 17.6. The highest BCUT2D eigenvalue weighted by molar-refractivity contribution is 7.99. The fourth-order valence-electron chi connectivity index (χ4n) is 3.23. The maximum atomic E-state index is 12.3. The summed E-state index contributed by atoms with van der Waals surface area (Å²) in [6.45, 7) is 0.499. The number of amides is 2. The number of nitrogens with zero attached hydrogens (tertiary/aromatic N) is 1. The molecule has 1 fully saturated rings. The van der Waals surface area contributed by atoms with Crippen molar-refractivity contribution in [3.05, 3.63) is 54.1 Å². The number of hydrogen-bond donors (Lipinski definition) is 3. The average molecular weight is 455 g/mol. The number of esters is 1. The molecule has 0 aliphatic carbocycles. The van der Waals surface area contributed by atoms with E-state index in [0.717, 1.165) is 23.5 Å². The number of rotatable bonds is 9. The molecule has 8 nitrogen and oxygen atoms in total. The summed E-state index contributed by atoms with van der Waals surface area (Å²) in [4.78, 5) is 38.3. The van der Waals surface area contributed by atoms with Crippen molar-refractivity contribution in [2.45, 2.75) is 37.0 Å². The first kappa shape index (κ1) is 23.3. The lowest BCUT2D eigenvalue weighted by atomic mass is 10.1. The molecule has 1 heterocycles. The average Bonchev–Trinajstić information content (AvgIpc) is 2.76. The molecule has 9 heteroatoms. The minimum atomic E-state index is -0.471. The summed E-state index contributed by atoms with van der Waals surface area (Å²) >= 11 is 1.68. The van der Waals surface area contributed by atoms with Crippen LogP contribution in [0.15, 0.2) is 53.4 Å². The number of thioether (sulfide) groups is 1. The van der Waals surface area contributed by atoms with Gasteiger partial charge >= 0.3 is 5.97 Å². The minimum Gasteiger partial charge on any atom is -0.423 e. The molecule has 0 spiro atoms. The second kappa shape index (κ2) is 11.3. The molecule has 4 N–H and O–H groups in total. The molecule has 2 aromatic rings. The Morgan fingerprint density at radius 3 is 2.31 bits per heavy atom. The Balaban J connectivity index is 1.40. The van der Waals surface area contributed by atoms with Crippen LogP contribution >= 0.6 is 11.8 Å². The summed E-state index contributed by atoms with van der Waals surface area (Å²) in [5.74, 6) is 0.570. The summed E-state index contributed by atoms with van der Waals surface area (Å²) in [7, 11) is 0. The minimum absolute atomic E-state index is 0.0530. The van der Waals surface area contributed by atoms with Crippen LogP contribution in [0, 0.1) is 5.41 Å². The third-order valence-corrected chi connectivity index (χ3v) is 5.96. The van der Waals surface area contributed by atoms with Gasteiger partial charge in [0.05, 0.1) is 5.56 Å². The van der Waals surface area contributed by atoms with Gasteiger partial charge in [0.15, 0.2) is 5.96 Å². The number of likely N-dealkylation sites (tertiary alicyclic amines) is 1. The van der Waals surface area contributed by atoms with Gasteiger partial charge in [-0.2, -0.15) is 0 Å². The molecule has 1 aliphatic rings. The largest absolute Gasteiger partial charge is 0.423 e. The molecule has 32 heavy (non-hydrogen) atoms. The van der Waals surface area contributed by atoms with E-state index in [9.17, 15) is 14.4 Å². The van der Waals surface area contributed by atoms with Crippen LogP contribution in [-0.2, 0) is 9.59 Å². The van der Waals surface area contributed by atoms with Crippen molar-refractivity contribution >= 4 is 41.2 Å². The molecule has 3 rings (SSSR count). The van der Waals surface area contributed by atoms with E-state index in [4.69, 9.17) is 15.9 Å². The third kappa shape index (κ3) is 6.84. The van der Waals surface area contributed by atoms with Gasteiger partial charge in [0.25, 0.3) is 0 Å². The van der Waals surface area contributed by atoms with Crippen LogP contribution in [0.3, 0.4) is 0 Å². The lowest BCUT2D eigenvalue weighted by Crippen LogP contribution is -2.40. The Hall–Kier alpha value is -3.33. The van der Waals surface area contributed by atoms with Crippen molar-refractivity contribution < 1.29 is 19.1 Å². The number of benzene rings is 2. The molecule has 0 aromatic heterocycles. The number of unbranched alkanes of at least 4 members (excludes halogenated alkanes) is 1. The highest BCUT2D eigenvalue weighted by Crippen LogP contribution is 2.23. The molecule has 0 atom stereocenters. The molecule has 0 saturated carbocycles. The van der Waals surface area contributed by atoms with Gasteiger partial charge in [-0.25, -0.2) is 4.79 Å². The number of ether oxygens (including phenoxy) is 1. The topological polar surface area (TPSA) is 126 Å². The maximum Gasteiger partial charge on any atom is 0.343 e. The maximum absolute atomic E-state index is 12.3. The first-order valence-corrected chi connectivity index (χ1v) is 11.4. The van der Waals surface area contributed by atoms with Gasteiger partial charge in [-0.1, -0.05) is 0 Å². The second-order valence-electron chi connectivity index (χ2n) is 7.33. The van der Waals surface area contributed by atoms with Crippen LogP contribution in [0.25, 0.3) is 0 Å². The standard InChI is InChI=1S/C23H26N4O4S/c24-23(25)26-17-8-6-16(7-9-17)22(30)31-18-10-12-19(13-11-18)32-15-2-1-14-27-20(28)4-3-5-21(27)29/h6-13H,1-5,14-15H2,(H4,24,25,26). The number of guanidine groups is 1. The highest BCUT2D eigenvalue weighted by atomic mass is 32.2. The smallest absolute Gasteiger partial charge is 0.343 e.